The van der Waals surface area contributed by atoms with E-state index in [1.807, 2.05) is 38.1 Å². The zero-order chi connectivity index (χ0) is 41.3. The average molecular weight is 800 g/mol. The van der Waals surface area contributed by atoms with Gasteiger partial charge in [0.25, 0.3) is 11.8 Å². The molecule has 0 bridgehead atoms. The maximum absolute atomic E-state index is 14.4. The number of aryl methyl sites for hydroxylation is 3. The number of aromatic nitrogens is 4. The minimum Gasteiger partial charge on any atom is -0.383 e. The van der Waals surface area contributed by atoms with Crippen LogP contribution in [0.1, 0.15) is 46.1 Å². The van der Waals surface area contributed by atoms with Gasteiger partial charge in [0.1, 0.15) is 11.4 Å². The fraction of sp³-hybridized carbons (Fsp3) is 0.229. The second-order valence-corrected chi connectivity index (χ2v) is 15.4. The lowest BCUT2D eigenvalue weighted by molar-refractivity contribution is -0.133. The van der Waals surface area contributed by atoms with Crippen LogP contribution in [0.15, 0.2) is 112 Å². The number of hydrogen-bond acceptors (Lipinski definition) is 6. The third kappa shape index (κ3) is 5.78. The third-order valence-electron chi connectivity index (χ3n) is 12.1. The van der Waals surface area contributed by atoms with Crippen molar-refractivity contribution in [3.05, 3.63) is 134 Å². The van der Waals surface area contributed by atoms with Crippen LogP contribution in [0.25, 0.3) is 61.2 Å². The van der Waals surface area contributed by atoms with Crippen molar-refractivity contribution in [2.24, 2.45) is 0 Å². The number of benzene rings is 4. The molecule has 0 radical (unpaired) electrons. The number of carbonyl (C=O) groups excluding carboxylic acids is 2. The lowest BCUT2D eigenvalue weighted by Gasteiger charge is -2.36. The molecule has 4 heterocycles. The highest BCUT2D eigenvalue weighted by Gasteiger charge is 2.42. The van der Waals surface area contributed by atoms with Gasteiger partial charge in [-0.05, 0) is 124 Å². The van der Waals surface area contributed by atoms with Gasteiger partial charge < -0.3 is 14.9 Å². The van der Waals surface area contributed by atoms with E-state index in [-0.39, 0.29) is 28.3 Å². The molecular formula is C48H45N7O3S. The molecule has 0 spiro atoms. The molecule has 296 valence electrons. The van der Waals surface area contributed by atoms with Crippen molar-refractivity contribution < 1.29 is 9.59 Å². The normalized spacial score (nSPS) is 17.4. The number of likely N-dealkylation sites (N-methyl/N-ethyl adjacent to an activating group) is 2. The van der Waals surface area contributed by atoms with Crippen molar-refractivity contribution in [3.63, 3.8) is 0 Å². The van der Waals surface area contributed by atoms with Crippen molar-refractivity contribution in [2.75, 3.05) is 18.8 Å². The molecule has 0 unspecified atom stereocenters. The summed E-state index contributed by atoms with van der Waals surface area (Å²) in [5.41, 5.74) is 12.2. The monoisotopic (exact) mass is 799 g/mol. The smallest absolute Gasteiger partial charge is 0.354 e. The molecule has 9 rings (SSSR count). The Hall–Kier alpha value is -6.59. The van der Waals surface area contributed by atoms with Crippen LogP contribution in [-0.2, 0) is 22.7 Å². The number of carbonyl (C=O) groups is 2. The van der Waals surface area contributed by atoms with Crippen molar-refractivity contribution >= 4 is 90.5 Å². The third-order valence-corrected chi connectivity index (χ3v) is 12.6. The van der Waals surface area contributed by atoms with E-state index in [2.05, 4.69) is 95.6 Å². The topological polar surface area (TPSA) is 111 Å². The van der Waals surface area contributed by atoms with Crippen LogP contribution in [0.2, 0.25) is 0 Å². The van der Waals surface area contributed by atoms with E-state index in [4.69, 9.17) is 18.0 Å². The van der Waals surface area contributed by atoms with Crippen molar-refractivity contribution in [2.45, 2.75) is 60.5 Å². The van der Waals surface area contributed by atoms with Gasteiger partial charge in [-0.1, -0.05) is 54.6 Å². The number of rotatable bonds is 7. The molecule has 2 aliphatic rings. The first-order valence-electron chi connectivity index (χ1n) is 20.3. The lowest BCUT2D eigenvalue weighted by Crippen LogP contribution is -2.56. The number of allylic oxidation sites excluding steroid dienone is 5. The fourth-order valence-corrected chi connectivity index (χ4v) is 9.80. The van der Waals surface area contributed by atoms with Gasteiger partial charge in [-0.2, -0.15) is 4.98 Å². The van der Waals surface area contributed by atoms with E-state index in [1.54, 1.807) is 12.3 Å². The average Bonchev–Trinajstić information content (AvgIpc) is 3.88. The molecule has 1 saturated heterocycles. The Morgan fingerprint density at radius 1 is 0.644 bits per heavy atom. The van der Waals surface area contributed by atoms with Gasteiger partial charge in [0.05, 0.1) is 5.69 Å². The van der Waals surface area contributed by atoms with Gasteiger partial charge in [-0.15, -0.1) is 0 Å². The van der Waals surface area contributed by atoms with Crippen molar-refractivity contribution in [3.8, 4) is 5.69 Å². The predicted octanol–water partition coefficient (Wildman–Crippen LogP) is 7.02. The van der Waals surface area contributed by atoms with E-state index in [1.165, 1.54) is 41.6 Å². The number of thiocarbonyl (C=S) groups is 1. The Morgan fingerprint density at radius 2 is 1.17 bits per heavy atom. The molecule has 0 atom stereocenters. The molecule has 1 aliphatic carbocycles. The summed E-state index contributed by atoms with van der Waals surface area (Å²) in [5.74, 6) is -0.552. The molecule has 59 heavy (non-hydrogen) atoms. The summed E-state index contributed by atoms with van der Waals surface area (Å²) in [4.78, 5) is 48.8. The summed E-state index contributed by atoms with van der Waals surface area (Å²) in [6, 6.07) is 22.6. The molecule has 1 aliphatic heterocycles. The second kappa shape index (κ2) is 14.7. The Kier molecular flexibility index (Phi) is 9.43. The molecule has 7 aromatic rings. The number of nitrogen functional groups attached to an aromatic ring is 1. The molecule has 1 saturated carbocycles. The number of anilines is 1. The molecular weight excluding hydrogens is 755 g/mol. The van der Waals surface area contributed by atoms with Crippen LogP contribution in [0, 0.1) is 6.92 Å². The minimum atomic E-state index is -0.444. The Balaban J connectivity index is 1.28. The van der Waals surface area contributed by atoms with E-state index >= 15 is 0 Å². The molecule has 10 nitrogen and oxygen atoms in total. The van der Waals surface area contributed by atoms with Crippen LogP contribution in [0.3, 0.4) is 0 Å². The molecule has 2 N–H and O–H groups in total. The highest BCUT2D eigenvalue weighted by atomic mass is 32.1. The molecule has 3 aromatic heterocycles. The summed E-state index contributed by atoms with van der Waals surface area (Å²) in [6.45, 7) is 12.4. The standard InChI is InChI=1S/C48H45N7O3S/c1-6-51-35(32-13-10-12-31-28(5)16-21-38(51)42(31)32)22-19-29-17-18-30(41(29)44-45(56)53(8-3)48(59)54(9-4)46(44)57)20-23-36-33-14-11-15-34-37(55-27-26-40(49)50-47(55)58)24-25-39(43(33)34)52(36)7-2/h10-16,19-27H,6-9,17-18H2,1-5H3,(H2,49,50,58)/b29-19+,30-20+,35-22+,36-23+. The highest BCUT2D eigenvalue weighted by molar-refractivity contribution is 7.80. The van der Waals surface area contributed by atoms with E-state index in [9.17, 15) is 14.4 Å². The van der Waals surface area contributed by atoms with Gasteiger partial charge in [-0.25, -0.2) is 4.79 Å². The van der Waals surface area contributed by atoms with Crippen LogP contribution in [-0.4, -0.2) is 58.5 Å². The van der Waals surface area contributed by atoms with Gasteiger partial charge in [0, 0.05) is 81.0 Å². The van der Waals surface area contributed by atoms with Gasteiger partial charge in [0.2, 0.25) is 0 Å². The first kappa shape index (κ1) is 38.0. The summed E-state index contributed by atoms with van der Waals surface area (Å²) in [6.07, 6.45) is 11.4. The van der Waals surface area contributed by atoms with Gasteiger partial charge in [-0.3, -0.25) is 24.0 Å². The summed E-state index contributed by atoms with van der Waals surface area (Å²) in [7, 11) is 0. The van der Waals surface area contributed by atoms with Crippen molar-refractivity contribution in [1.82, 2.24) is 28.5 Å². The SMILES string of the molecule is CCN1C(=O)C(=C2/C(=C/C=c3\c4cccc5c(C)ccc(c54)n3CC)CC/C2=C\C=c2/c3cccc4c(-n5ccc(N)nc5=O)ccc(c43)n2CC)C(=O)N(CC)C1=S. The van der Waals surface area contributed by atoms with Crippen molar-refractivity contribution in [1.29, 1.82) is 0 Å². The first-order valence-corrected chi connectivity index (χ1v) is 20.8. The van der Waals surface area contributed by atoms with Crippen LogP contribution < -0.4 is 22.1 Å². The highest BCUT2D eigenvalue weighted by Crippen LogP contribution is 2.40. The summed E-state index contributed by atoms with van der Waals surface area (Å²) >= 11 is 5.68. The molecule has 2 fully saturated rings. The number of nitrogens with zero attached hydrogens (tertiary/aromatic N) is 6. The van der Waals surface area contributed by atoms with Gasteiger partial charge in [0.15, 0.2) is 5.11 Å². The number of nitrogens with two attached hydrogens (primary N) is 1. The maximum Gasteiger partial charge on any atom is 0.354 e. The van der Waals surface area contributed by atoms with Crippen LogP contribution >= 0.6 is 12.2 Å². The lowest BCUT2D eigenvalue weighted by atomic mass is 9.95. The maximum atomic E-state index is 14.4. The largest absolute Gasteiger partial charge is 0.383 e. The molecule has 11 heteroatoms. The van der Waals surface area contributed by atoms with Crippen LogP contribution in [0.4, 0.5) is 5.82 Å². The zero-order valence-electron chi connectivity index (χ0n) is 33.9. The number of hydrogen-bond donors (Lipinski definition) is 1. The molecule has 2 amide bonds. The predicted molar refractivity (Wildman–Crippen MR) is 242 cm³/mol. The summed E-state index contributed by atoms with van der Waals surface area (Å²) in [5, 5.41) is 8.95. The molecule has 4 aromatic carbocycles. The number of amides is 2. The second-order valence-electron chi connectivity index (χ2n) is 15.1. The van der Waals surface area contributed by atoms with Crippen LogP contribution in [0.5, 0.6) is 0 Å². The summed E-state index contributed by atoms with van der Waals surface area (Å²) < 4.78 is 6.12. The minimum absolute atomic E-state index is 0.158. The van der Waals surface area contributed by atoms with E-state index < -0.39 is 5.69 Å². The Morgan fingerprint density at radius 3 is 1.71 bits per heavy atom. The first-order chi connectivity index (χ1) is 28.6. The quantitative estimate of drug-likeness (QED) is 0.106. The Labute approximate surface area is 346 Å². The Bertz CT molecular complexity index is 3200. The van der Waals surface area contributed by atoms with E-state index in [0.29, 0.717) is 38.0 Å². The fourth-order valence-electron chi connectivity index (χ4n) is 9.38. The van der Waals surface area contributed by atoms with Gasteiger partial charge >= 0.3 is 5.69 Å². The van der Waals surface area contributed by atoms with E-state index in [0.717, 1.165) is 55.8 Å². The zero-order valence-corrected chi connectivity index (χ0v) is 34.7.